The van der Waals surface area contributed by atoms with Gasteiger partial charge in [-0.1, -0.05) is 38.8 Å². The summed E-state index contributed by atoms with van der Waals surface area (Å²) >= 11 is 0. The zero-order valence-electron chi connectivity index (χ0n) is 29.0. The van der Waals surface area contributed by atoms with Crippen LogP contribution in [0.1, 0.15) is 59.3 Å². The molecule has 2 heterocycles. The highest BCUT2D eigenvalue weighted by molar-refractivity contribution is 7.61. The third kappa shape index (κ3) is 6.89. The lowest BCUT2D eigenvalue weighted by Gasteiger charge is -2.59. The van der Waals surface area contributed by atoms with Crippen molar-refractivity contribution in [1.82, 2.24) is 10.2 Å². The predicted molar refractivity (Wildman–Crippen MR) is 177 cm³/mol. The Morgan fingerprint density at radius 1 is 1.08 bits per heavy atom. The highest BCUT2D eigenvalue weighted by Crippen LogP contribution is 2.70. The first kappa shape index (κ1) is 39.0. The average molecular weight is 771 g/mol. The molecule has 3 amide bonds. The molecule has 1 saturated heterocycles. The maximum atomic E-state index is 14.3. The molecule has 17 nitrogen and oxygen atoms in total. The van der Waals surface area contributed by atoms with E-state index in [2.05, 4.69) is 14.2 Å². The van der Waals surface area contributed by atoms with Gasteiger partial charge in [0.15, 0.2) is 23.5 Å². The number of allylic oxidation sites excluding steroid dienone is 4. The molecule has 2 aliphatic heterocycles. The second kappa shape index (κ2) is 14.2. The van der Waals surface area contributed by atoms with Gasteiger partial charge in [0.05, 0.1) is 18.8 Å². The van der Waals surface area contributed by atoms with Crippen molar-refractivity contribution in [2.75, 3.05) is 26.3 Å². The Morgan fingerprint density at radius 2 is 1.77 bits per heavy atom. The number of amides is 3. The van der Waals surface area contributed by atoms with Crippen LogP contribution >= 0.6 is 15.6 Å². The number of nitrogens with one attached hydrogen (secondary N) is 1. The number of fused-ring (bicyclic) bond motifs is 7. The van der Waals surface area contributed by atoms with Crippen molar-refractivity contribution in [3.8, 4) is 0 Å². The number of aliphatic hydroxyl groups excluding tert-OH is 1. The van der Waals surface area contributed by atoms with Crippen LogP contribution in [0.4, 0.5) is 0 Å². The summed E-state index contributed by atoms with van der Waals surface area (Å²) in [5.74, 6) is -3.45. The van der Waals surface area contributed by atoms with E-state index in [-0.39, 0.29) is 30.0 Å². The van der Waals surface area contributed by atoms with Gasteiger partial charge >= 0.3 is 15.6 Å². The number of Topliss-reactive ketones (excluding diaryl/α,β-unsaturated/α-hetero) is 1. The molecule has 3 saturated carbocycles. The number of aliphatic hydroxyl groups is 1. The van der Waals surface area contributed by atoms with E-state index in [0.717, 1.165) is 17.7 Å². The lowest BCUT2D eigenvalue weighted by atomic mass is 9.46. The minimum Gasteiger partial charge on any atom is -0.393 e. The molecule has 52 heavy (non-hydrogen) atoms. The fourth-order valence-corrected chi connectivity index (χ4v) is 11.6. The molecule has 0 radical (unpaired) electrons. The molecular formula is C33H44N2O15P2. The summed E-state index contributed by atoms with van der Waals surface area (Å²) in [5, 5.41) is 14.1. The topological polar surface area (TPSA) is 242 Å². The van der Waals surface area contributed by atoms with Crippen LogP contribution in [0, 0.1) is 28.6 Å². The second-order valence-corrected chi connectivity index (χ2v) is 17.7. The second-order valence-electron chi connectivity index (χ2n) is 14.6. The Morgan fingerprint density at radius 3 is 2.46 bits per heavy atom. The number of ether oxygens (including phenoxy) is 2. The normalized spacial score (nSPS) is 38.5. The fourth-order valence-electron chi connectivity index (χ4n) is 9.57. The van der Waals surface area contributed by atoms with Gasteiger partial charge in [0.2, 0.25) is 5.91 Å². The fraction of sp³-hybridized carbons (Fsp3) is 0.667. The van der Waals surface area contributed by atoms with Crippen molar-refractivity contribution in [1.29, 1.82) is 0 Å². The van der Waals surface area contributed by atoms with Crippen LogP contribution in [-0.2, 0) is 55.9 Å². The molecule has 0 aromatic heterocycles. The molecule has 0 aromatic rings. The summed E-state index contributed by atoms with van der Waals surface area (Å²) in [6.45, 7) is 3.07. The Hall–Kier alpha value is -2.69. The average Bonchev–Trinajstić information content (AvgIpc) is 3.66. The van der Waals surface area contributed by atoms with Gasteiger partial charge in [-0.15, -0.1) is 0 Å². The number of carbonyl (C=O) groups is 5. The number of ketones is 2. The number of phosphoric acid groups is 2. The van der Waals surface area contributed by atoms with Crippen molar-refractivity contribution < 1.29 is 70.8 Å². The van der Waals surface area contributed by atoms with E-state index in [9.17, 15) is 48.0 Å². The first-order chi connectivity index (χ1) is 24.4. The predicted octanol–water partition coefficient (Wildman–Crippen LogP) is 2.02. The van der Waals surface area contributed by atoms with E-state index in [4.69, 9.17) is 14.0 Å². The van der Waals surface area contributed by atoms with Crippen molar-refractivity contribution in [3.05, 3.63) is 36.0 Å². The lowest BCUT2D eigenvalue weighted by Crippen LogP contribution is -2.63. The van der Waals surface area contributed by atoms with E-state index < -0.39 is 100 Å². The molecule has 3 unspecified atom stereocenters. The van der Waals surface area contributed by atoms with Crippen LogP contribution in [0.25, 0.3) is 0 Å². The third-order valence-electron chi connectivity index (χ3n) is 11.7. The van der Waals surface area contributed by atoms with E-state index in [0.29, 0.717) is 37.0 Å². The van der Waals surface area contributed by atoms with Gasteiger partial charge in [-0.25, -0.2) is 9.13 Å². The minimum atomic E-state index is -5.42. The Bertz CT molecular complexity index is 1710. The van der Waals surface area contributed by atoms with E-state index in [1.807, 2.05) is 26.8 Å². The van der Waals surface area contributed by atoms with Gasteiger partial charge in [-0.05, 0) is 56.1 Å². The summed E-state index contributed by atoms with van der Waals surface area (Å²) in [6, 6.07) is 0. The van der Waals surface area contributed by atoms with Crippen LogP contribution in [0.3, 0.4) is 0 Å². The molecular weight excluding hydrogens is 726 g/mol. The number of rotatable bonds is 14. The van der Waals surface area contributed by atoms with Crippen molar-refractivity contribution >= 4 is 44.9 Å². The minimum absolute atomic E-state index is 0.0709. The van der Waals surface area contributed by atoms with Gasteiger partial charge in [-0.2, -0.15) is 4.31 Å². The molecule has 11 atom stereocenters. The Labute approximate surface area is 299 Å². The number of hydrogen-bond donors (Lipinski definition) is 4. The zero-order valence-corrected chi connectivity index (χ0v) is 30.8. The van der Waals surface area contributed by atoms with Gasteiger partial charge in [0.1, 0.15) is 13.2 Å². The molecule has 19 heteroatoms. The van der Waals surface area contributed by atoms with Crippen LogP contribution < -0.4 is 5.32 Å². The Balaban J connectivity index is 1.11. The molecule has 0 spiro atoms. The molecule has 6 rings (SSSR count). The van der Waals surface area contributed by atoms with Crippen LogP contribution in [0.2, 0.25) is 0 Å². The Kier molecular flexibility index (Phi) is 10.6. The molecule has 286 valence electrons. The zero-order chi connectivity index (χ0) is 37.9. The first-order valence-electron chi connectivity index (χ1n) is 17.3. The molecule has 4 fully saturated rings. The maximum Gasteiger partial charge on any atom is 0.481 e. The van der Waals surface area contributed by atoms with Crippen LogP contribution in [0.5, 0.6) is 0 Å². The number of phosphoric ester groups is 2. The molecule has 0 aromatic carbocycles. The standard InChI is InChI=1S/C33H44N2O15P2/c1-4-5-29-48-25-15-22-21-7-6-19-14-20(36)10-11-31(19,2)30(21)23(37)16-32(22,3)33(25,49-29)24(38)18-47-52(44,45)50-51(42,43)46-13-12-34-26(39)17-35-27(40)8-9-28(35)41/h8-11,14,21-23,25,29-30,37H,4-7,12-13,15-18H2,1-3H3,(H,34,39)(H,42,43)(H,44,45)/t21-,22-,23-,25+,29?,30+,31-,32-,33+/m0/s1. The summed E-state index contributed by atoms with van der Waals surface area (Å²) in [6.07, 6.45) is 7.64. The largest absolute Gasteiger partial charge is 0.481 e. The van der Waals surface area contributed by atoms with Gasteiger partial charge in [0, 0.05) is 35.4 Å². The number of imide groups is 1. The first-order valence-corrected chi connectivity index (χ1v) is 20.3. The maximum absolute atomic E-state index is 14.3. The molecule has 0 bridgehead atoms. The monoisotopic (exact) mass is 770 g/mol. The number of nitrogens with zero attached hydrogens (tertiary/aromatic N) is 1. The van der Waals surface area contributed by atoms with E-state index in [1.54, 1.807) is 6.08 Å². The smallest absolute Gasteiger partial charge is 0.393 e. The van der Waals surface area contributed by atoms with Crippen LogP contribution in [-0.4, -0.2) is 99.5 Å². The summed E-state index contributed by atoms with van der Waals surface area (Å²) in [4.78, 5) is 82.8. The van der Waals surface area contributed by atoms with Gasteiger partial charge < -0.3 is 29.7 Å². The van der Waals surface area contributed by atoms with E-state index in [1.165, 1.54) is 6.08 Å². The van der Waals surface area contributed by atoms with Crippen molar-refractivity contribution in [2.24, 2.45) is 28.6 Å². The molecule has 4 N–H and O–H groups in total. The molecule has 6 aliphatic rings. The summed E-state index contributed by atoms with van der Waals surface area (Å²) < 4.78 is 52.1. The van der Waals surface area contributed by atoms with Gasteiger partial charge in [0.25, 0.3) is 11.8 Å². The van der Waals surface area contributed by atoms with Gasteiger partial charge in [-0.3, -0.25) is 37.9 Å². The van der Waals surface area contributed by atoms with Crippen LogP contribution in [0.15, 0.2) is 36.0 Å². The molecule has 4 aliphatic carbocycles. The highest BCUT2D eigenvalue weighted by Gasteiger charge is 2.76. The lowest BCUT2D eigenvalue weighted by molar-refractivity contribution is -0.200. The number of carbonyl (C=O) groups excluding carboxylic acids is 5. The highest BCUT2D eigenvalue weighted by atomic mass is 31.3. The van der Waals surface area contributed by atoms with Crippen molar-refractivity contribution in [2.45, 2.75) is 83.4 Å². The quantitative estimate of drug-likeness (QED) is 0.112. The summed E-state index contributed by atoms with van der Waals surface area (Å²) in [7, 11) is -10.7. The summed E-state index contributed by atoms with van der Waals surface area (Å²) in [5.41, 5.74) is -2.27. The van der Waals surface area contributed by atoms with Crippen molar-refractivity contribution in [3.63, 3.8) is 0 Å². The number of hydrogen-bond acceptors (Lipinski definition) is 13. The third-order valence-corrected chi connectivity index (χ3v) is 14.3. The van der Waals surface area contributed by atoms with E-state index >= 15 is 0 Å². The SMILES string of the molecule is CCCC1O[C@@H]2C[C@H]3[C@@H]4CCC5=CC(=O)C=C[C@]5(C)[C@H]4[C@@H](O)C[C@]3(C)[C@]2(C(=O)COP(=O)(O)OP(=O)(O)OCCNC(=O)CN2C(=O)C=CC2=O)O1.